The van der Waals surface area contributed by atoms with Crippen LogP contribution in [0.1, 0.15) is 18.2 Å². The van der Waals surface area contributed by atoms with Crippen LogP contribution in [0.25, 0.3) is 6.08 Å². The summed E-state index contributed by atoms with van der Waals surface area (Å²) >= 11 is 0. The zero-order chi connectivity index (χ0) is 11.4. The molecule has 1 rings (SSSR count). The normalized spacial score (nSPS) is 13.4. The van der Waals surface area contributed by atoms with Crippen LogP contribution in [-0.2, 0) is 7.05 Å². The lowest BCUT2D eigenvalue weighted by molar-refractivity contribution is 0.372. The number of rotatable bonds is 4. The van der Waals surface area contributed by atoms with Gasteiger partial charge in [0.15, 0.2) is 0 Å². The number of likely N-dealkylation sites (N-methyl/N-ethyl adjacent to an activating group) is 1. The summed E-state index contributed by atoms with van der Waals surface area (Å²) in [6.07, 6.45) is 4.13. The lowest BCUT2D eigenvalue weighted by Crippen LogP contribution is -2.17. The van der Waals surface area contributed by atoms with Crippen molar-refractivity contribution in [2.45, 2.75) is 19.9 Å². The fourth-order valence-electron chi connectivity index (χ4n) is 1.42. The maximum absolute atomic E-state index is 5.29. The number of hydrogen-bond donors (Lipinski definition) is 1. The summed E-state index contributed by atoms with van der Waals surface area (Å²) in [5.74, 6) is 0.798. The minimum atomic E-state index is 0.342. The summed E-state index contributed by atoms with van der Waals surface area (Å²) in [6, 6.07) is 0.342. The molecule has 0 aromatic carbocycles. The molecule has 0 spiro atoms. The van der Waals surface area contributed by atoms with E-state index in [2.05, 4.69) is 23.4 Å². The molecule has 1 atom stereocenters. The highest BCUT2D eigenvalue weighted by atomic mass is 16.5. The summed E-state index contributed by atoms with van der Waals surface area (Å²) in [6.45, 7) is 4.07. The second-order valence-electron chi connectivity index (χ2n) is 3.57. The number of nitrogens with one attached hydrogen (secondary N) is 1. The number of aryl methyl sites for hydroxylation is 2. The fraction of sp³-hybridized carbons (Fsp3) is 0.545. The second kappa shape index (κ2) is 4.98. The first-order valence-electron chi connectivity index (χ1n) is 5.03. The van der Waals surface area contributed by atoms with E-state index >= 15 is 0 Å². The third kappa shape index (κ3) is 2.59. The largest absolute Gasteiger partial charge is 0.481 e. The first-order chi connectivity index (χ1) is 7.10. The highest BCUT2D eigenvalue weighted by molar-refractivity contribution is 5.58. The Bertz CT molecular complexity index is 355. The van der Waals surface area contributed by atoms with Crippen LogP contribution in [0.4, 0.5) is 0 Å². The molecule has 15 heavy (non-hydrogen) atoms. The van der Waals surface area contributed by atoms with Gasteiger partial charge in [0.25, 0.3) is 0 Å². The molecule has 1 unspecified atom stereocenters. The number of nitrogens with zero attached hydrogens (tertiary/aromatic N) is 2. The Morgan fingerprint density at radius 3 is 2.73 bits per heavy atom. The highest BCUT2D eigenvalue weighted by Crippen LogP contribution is 2.22. The maximum atomic E-state index is 5.29. The van der Waals surface area contributed by atoms with Crippen molar-refractivity contribution in [1.82, 2.24) is 15.1 Å². The Hall–Kier alpha value is -1.29. The molecule has 1 aromatic heterocycles. The molecule has 1 heterocycles. The molecule has 0 bridgehead atoms. The molecular weight excluding hydrogens is 190 g/mol. The Balaban J connectivity index is 2.98. The van der Waals surface area contributed by atoms with E-state index in [0.717, 1.165) is 17.1 Å². The standard InChI is InChI=1S/C11H19N3O/c1-8(12-3)6-7-10-9(2)13-14(4)11(10)15-5/h6-8,12H,1-5H3/b7-6+. The van der Waals surface area contributed by atoms with E-state index in [4.69, 9.17) is 4.74 Å². The number of aromatic nitrogens is 2. The molecule has 4 heteroatoms. The topological polar surface area (TPSA) is 39.1 Å². The lowest BCUT2D eigenvalue weighted by atomic mass is 10.2. The van der Waals surface area contributed by atoms with Crippen molar-refractivity contribution in [1.29, 1.82) is 0 Å². The van der Waals surface area contributed by atoms with Crippen LogP contribution in [0.5, 0.6) is 5.88 Å². The quantitative estimate of drug-likeness (QED) is 0.813. The third-order valence-corrected chi connectivity index (χ3v) is 2.41. The lowest BCUT2D eigenvalue weighted by Gasteiger charge is -2.03. The molecule has 84 valence electrons. The van der Waals surface area contributed by atoms with E-state index in [1.54, 1.807) is 11.8 Å². The van der Waals surface area contributed by atoms with Gasteiger partial charge >= 0.3 is 0 Å². The van der Waals surface area contributed by atoms with E-state index in [0.29, 0.717) is 6.04 Å². The van der Waals surface area contributed by atoms with Gasteiger partial charge in [-0.2, -0.15) is 5.10 Å². The van der Waals surface area contributed by atoms with Crippen LogP contribution in [0.3, 0.4) is 0 Å². The van der Waals surface area contributed by atoms with Crippen molar-refractivity contribution in [3.05, 3.63) is 17.3 Å². The van der Waals surface area contributed by atoms with Gasteiger partial charge in [-0.3, -0.25) is 0 Å². The van der Waals surface area contributed by atoms with Gasteiger partial charge in [-0.1, -0.05) is 12.2 Å². The Morgan fingerprint density at radius 1 is 1.53 bits per heavy atom. The molecular formula is C11H19N3O. The average Bonchev–Trinajstić information content (AvgIpc) is 2.49. The second-order valence-corrected chi connectivity index (χ2v) is 3.57. The predicted molar refractivity (Wildman–Crippen MR) is 62.1 cm³/mol. The smallest absolute Gasteiger partial charge is 0.218 e. The highest BCUT2D eigenvalue weighted by Gasteiger charge is 2.10. The molecule has 0 radical (unpaired) electrons. The van der Waals surface area contributed by atoms with Gasteiger partial charge in [-0.15, -0.1) is 0 Å². The molecule has 0 fully saturated rings. The zero-order valence-corrected chi connectivity index (χ0v) is 10.0. The molecule has 0 saturated carbocycles. The van der Waals surface area contributed by atoms with Crippen LogP contribution >= 0.6 is 0 Å². The van der Waals surface area contributed by atoms with Crippen LogP contribution in [-0.4, -0.2) is 30.0 Å². The summed E-state index contributed by atoms with van der Waals surface area (Å²) in [7, 11) is 5.47. The molecule has 0 aliphatic heterocycles. The van der Waals surface area contributed by atoms with Crippen molar-refractivity contribution >= 4 is 6.08 Å². The molecule has 4 nitrogen and oxygen atoms in total. The molecule has 1 N–H and O–H groups in total. The first-order valence-corrected chi connectivity index (χ1v) is 5.03. The van der Waals surface area contributed by atoms with E-state index in [1.165, 1.54) is 0 Å². The Kier molecular flexibility index (Phi) is 3.91. The Morgan fingerprint density at radius 2 is 2.20 bits per heavy atom. The molecule has 0 amide bonds. The molecule has 1 aromatic rings. The number of methoxy groups -OCH3 is 1. The SMILES string of the molecule is CNC(C)/C=C/c1c(C)nn(C)c1OC. The molecule has 0 aliphatic carbocycles. The molecule has 0 aliphatic rings. The fourth-order valence-corrected chi connectivity index (χ4v) is 1.42. The van der Waals surface area contributed by atoms with Gasteiger partial charge in [0, 0.05) is 13.1 Å². The van der Waals surface area contributed by atoms with Crippen molar-refractivity contribution in [3.63, 3.8) is 0 Å². The third-order valence-electron chi connectivity index (χ3n) is 2.41. The number of hydrogen-bond acceptors (Lipinski definition) is 3. The van der Waals surface area contributed by atoms with E-state index in [1.807, 2.05) is 27.1 Å². The van der Waals surface area contributed by atoms with Crippen LogP contribution in [0.15, 0.2) is 6.08 Å². The maximum Gasteiger partial charge on any atom is 0.218 e. The van der Waals surface area contributed by atoms with Crippen molar-refractivity contribution in [3.8, 4) is 5.88 Å². The monoisotopic (exact) mass is 209 g/mol. The number of ether oxygens (including phenoxy) is 1. The first kappa shape index (κ1) is 11.8. The van der Waals surface area contributed by atoms with Crippen LogP contribution in [0, 0.1) is 6.92 Å². The summed E-state index contributed by atoms with van der Waals surface area (Å²) in [5, 5.41) is 7.45. The van der Waals surface area contributed by atoms with Gasteiger partial charge in [0.2, 0.25) is 5.88 Å². The minimum Gasteiger partial charge on any atom is -0.481 e. The van der Waals surface area contributed by atoms with E-state index in [9.17, 15) is 0 Å². The zero-order valence-electron chi connectivity index (χ0n) is 10.0. The van der Waals surface area contributed by atoms with Crippen molar-refractivity contribution in [2.75, 3.05) is 14.2 Å². The van der Waals surface area contributed by atoms with E-state index < -0.39 is 0 Å². The van der Waals surface area contributed by atoms with E-state index in [-0.39, 0.29) is 0 Å². The summed E-state index contributed by atoms with van der Waals surface area (Å²) < 4.78 is 7.04. The van der Waals surface area contributed by atoms with Crippen molar-refractivity contribution in [2.24, 2.45) is 7.05 Å². The summed E-state index contributed by atoms with van der Waals surface area (Å²) in [4.78, 5) is 0. The summed E-state index contributed by atoms with van der Waals surface area (Å²) in [5.41, 5.74) is 2.02. The van der Waals surface area contributed by atoms with Crippen molar-refractivity contribution < 1.29 is 4.74 Å². The van der Waals surface area contributed by atoms with Crippen LogP contribution in [0.2, 0.25) is 0 Å². The van der Waals surface area contributed by atoms with Gasteiger partial charge in [-0.25, -0.2) is 4.68 Å². The Labute approximate surface area is 90.9 Å². The van der Waals surface area contributed by atoms with Gasteiger partial charge in [-0.05, 0) is 20.9 Å². The van der Waals surface area contributed by atoms with Gasteiger partial charge < -0.3 is 10.1 Å². The minimum absolute atomic E-state index is 0.342. The average molecular weight is 209 g/mol. The van der Waals surface area contributed by atoms with Gasteiger partial charge in [0.1, 0.15) is 0 Å². The molecule has 0 saturated heterocycles. The van der Waals surface area contributed by atoms with Gasteiger partial charge in [0.05, 0.1) is 18.4 Å². The van der Waals surface area contributed by atoms with Crippen LogP contribution < -0.4 is 10.1 Å². The predicted octanol–water partition coefficient (Wildman–Crippen LogP) is 1.36.